The zero-order chi connectivity index (χ0) is 15.4. The summed E-state index contributed by atoms with van der Waals surface area (Å²) in [5.41, 5.74) is -0.0320. The van der Waals surface area contributed by atoms with E-state index in [1.54, 1.807) is 6.07 Å². The summed E-state index contributed by atoms with van der Waals surface area (Å²) >= 11 is 6.54. The number of ether oxygens (including phenoxy) is 1. The van der Waals surface area contributed by atoms with Gasteiger partial charge in [0.1, 0.15) is 5.82 Å². The van der Waals surface area contributed by atoms with Crippen molar-refractivity contribution in [3.63, 3.8) is 0 Å². The molecule has 0 spiro atoms. The predicted octanol–water partition coefficient (Wildman–Crippen LogP) is 4.74. The molecule has 0 fully saturated rings. The van der Waals surface area contributed by atoms with Crippen LogP contribution in [0.4, 0.5) is 11.5 Å². The number of pyridine rings is 1. The number of aromatic nitrogens is 1. The van der Waals surface area contributed by atoms with Crippen molar-refractivity contribution in [1.29, 1.82) is 0 Å². The van der Waals surface area contributed by atoms with Crippen LogP contribution < -0.4 is 10.1 Å². The Balaban J connectivity index is 2.31. The van der Waals surface area contributed by atoms with Gasteiger partial charge in [-0.1, -0.05) is 6.07 Å². The number of non-ortho nitro benzene ring substituents is 1. The molecule has 0 amide bonds. The van der Waals surface area contributed by atoms with Gasteiger partial charge in [0.25, 0.3) is 5.69 Å². The first kappa shape index (κ1) is 15.7. The molecule has 0 saturated heterocycles. The SMILES string of the molecule is CCNc1cccc(Oc2c(Br)cc([N+](=O)[O-])cc2Br)n1. The van der Waals surface area contributed by atoms with Crippen molar-refractivity contribution in [3.8, 4) is 11.6 Å². The monoisotopic (exact) mass is 415 g/mol. The lowest BCUT2D eigenvalue weighted by atomic mass is 10.3. The molecule has 0 radical (unpaired) electrons. The van der Waals surface area contributed by atoms with Gasteiger partial charge in [0.2, 0.25) is 5.88 Å². The minimum atomic E-state index is -0.469. The van der Waals surface area contributed by atoms with Gasteiger partial charge < -0.3 is 10.1 Å². The Morgan fingerprint density at radius 3 is 2.57 bits per heavy atom. The van der Waals surface area contributed by atoms with E-state index in [1.807, 2.05) is 19.1 Å². The number of benzene rings is 1. The molecule has 0 aliphatic carbocycles. The lowest BCUT2D eigenvalue weighted by Crippen LogP contribution is -2.00. The minimum Gasteiger partial charge on any atom is -0.437 e. The Hall–Kier alpha value is -1.67. The van der Waals surface area contributed by atoms with Crippen molar-refractivity contribution in [1.82, 2.24) is 4.98 Å². The van der Waals surface area contributed by atoms with Crippen LogP contribution in [0.25, 0.3) is 0 Å². The standard InChI is InChI=1S/C13H11Br2N3O3/c1-2-16-11-4-3-5-12(17-11)21-13-9(14)6-8(18(19)20)7-10(13)15/h3-7H,2H2,1H3,(H,16,17). The maximum atomic E-state index is 10.8. The van der Waals surface area contributed by atoms with Gasteiger partial charge >= 0.3 is 0 Å². The van der Waals surface area contributed by atoms with E-state index in [9.17, 15) is 10.1 Å². The smallest absolute Gasteiger partial charge is 0.271 e. The Kier molecular flexibility index (Phi) is 5.13. The third-order valence-corrected chi connectivity index (χ3v) is 3.66. The van der Waals surface area contributed by atoms with Crippen molar-refractivity contribution >= 4 is 43.4 Å². The number of rotatable bonds is 5. The van der Waals surface area contributed by atoms with Crippen molar-refractivity contribution in [2.75, 3.05) is 11.9 Å². The Labute approximate surface area is 137 Å². The molecule has 0 unspecified atom stereocenters. The summed E-state index contributed by atoms with van der Waals surface area (Å²) in [7, 11) is 0. The molecule has 21 heavy (non-hydrogen) atoms. The molecule has 0 saturated carbocycles. The molecular formula is C13H11Br2N3O3. The van der Waals surface area contributed by atoms with Crippen molar-refractivity contribution in [3.05, 3.63) is 49.4 Å². The Morgan fingerprint density at radius 2 is 2.00 bits per heavy atom. The van der Waals surface area contributed by atoms with Crippen LogP contribution in [0.3, 0.4) is 0 Å². The molecule has 2 aromatic rings. The molecule has 0 aliphatic heterocycles. The lowest BCUT2D eigenvalue weighted by molar-refractivity contribution is -0.385. The number of anilines is 1. The van der Waals surface area contributed by atoms with E-state index in [0.717, 1.165) is 6.54 Å². The molecular weight excluding hydrogens is 406 g/mol. The highest BCUT2D eigenvalue weighted by Gasteiger charge is 2.16. The molecule has 0 aliphatic rings. The van der Waals surface area contributed by atoms with Crippen LogP contribution >= 0.6 is 31.9 Å². The molecule has 2 rings (SSSR count). The third-order valence-electron chi connectivity index (χ3n) is 2.48. The van der Waals surface area contributed by atoms with Gasteiger partial charge in [-0.2, -0.15) is 4.98 Å². The van der Waals surface area contributed by atoms with Crippen LogP contribution in [0.5, 0.6) is 11.6 Å². The molecule has 0 bridgehead atoms. The summed E-state index contributed by atoms with van der Waals surface area (Å²) in [6, 6.07) is 8.12. The van der Waals surface area contributed by atoms with E-state index >= 15 is 0 Å². The Morgan fingerprint density at radius 1 is 1.33 bits per heavy atom. The summed E-state index contributed by atoms with van der Waals surface area (Å²) in [6.07, 6.45) is 0. The number of nitro groups is 1. The number of halogens is 2. The molecule has 1 aromatic carbocycles. The largest absolute Gasteiger partial charge is 0.437 e. The second-order valence-corrected chi connectivity index (χ2v) is 5.70. The molecule has 1 aromatic heterocycles. The van der Waals surface area contributed by atoms with Crippen LogP contribution in [0.15, 0.2) is 39.3 Å². The van der Waals surface area contributed by atoms with Crippen molar-refractivity contribution in [2.45, 2.75) is 6.92 Å². The van der Waals surface area contributed by atoms with Crippen LogP contribution in [0.1, 0.15) is 6.92 Å². The number of hydrogen-bond donors (Lipinski definition) is 1. The quantitative estimate of drug-likeness (QED) is 0.562. The van der Waals surface area contributed by atoms with Gasteiger partial charge in [0, 0.05) is 24.7 Å². The van der Waals surface area contributed by atoms with Crippen LogP contribution in [0, 0.1) is 10.1 Å². The zero-order valence-electron chi connectivity index (χ0n) is 11.0. The molecule has 1 N–H and O–H groups in total. The first-order chi connectivity index (χ1) is 10.0. The summed E-state index contributed by atoms with van der Waals surface area (Å²) in [5.74, 6) is 1.52. The van der Waals surface area contributed by atoms with Gasteiger partial charge in [0.15, 0.2) is 5.75 Å². The van der Waals surface area contributed by atoms with Crippen LogP contribution in [0.2, 0.25) is 0 Å². The van der Waals surface area contributed by atoms with E-state index < -0.39 is 4.92 Å². The molecule has 6 nitrogen and oxygen atoms in total. The molecule has 0 atom stereocenters. The van der Waals surface area contributed by atoms with Crippen molar-refractivity contribution < 1.29 is 9.66 Å². The second kappa shape index (κ2) is 6.86. The maximum absolute atomic E-state index is 10.8. The van der Waals surface area contributed by atoms with Crippen molar-refractivity contribution in [2.24, 2.45) is 0 Å². The number of nitrogens with zero attached hydrogens (tertiary/aromatic N) is 2. The van der Waals surface area contributed by atoms with E-state index in [-0.39, 0.29) is 5.69 Å². The first-order valence-electron chi connectivity index (χ1n) is 6.03. The van der Waals surface area contributed by atoms with E-state index in [1.165, 1.54) is 12.1 Å². The van der Waals surface area contributed by atoms with E-state index in [4.69, 9.17) is 4.74 Å². The average Bonchev–Trinajstić information content (AvgIpc) is 2.43. The van der Waals surface area contributed by atoms with Gasteiger partial charge in [-0.3, -0.25) is 10.1 Å². The van der Waals surface area contributed by atoms with Gasteiger partial charge in [-0.05, 0) is 44.8 Å². The zero-order valence-corrected chi connectivity index (χ0v) is 14.1. The number of nitrogens with one attached hydrogen (secondary N) is 1. The molecule has 1 heterocycles. The van der Waals surface area contributed by atoms with Gasteiger partial charge in [-0.25, -0.2) is 0 Å². The maximum Gasteiger partial charge on any atom is 0.271 e. The number of nitro benzene ring substituents is 1. The third kappa shape index (κ3) is 3.92. The topological polar surface area (TPSA) is 77.3 Å². The van der Waals surface area contributed by atoms with E-state index in [0.29, 0.717) is 26.4 Å². The average molecular weight is 417 g/mol. The highest BCUT2D eigenvalue weighted by Crippen LogP contribution is 2.39. The van der Waals surface area contributed by atoms with E-state index in [2.05, 4.69) is 42.2 Å². The summed E-state index contributed by atoms with van der Waals surface area (Å²) in [4.78, 5) is 14.6. The summed E-state index contributed by atoms with van der Waals surface area (Å²) < 4.78 is 6.64. The highest BCUT2D eigenvalue weighted by atomic mass is 79.9. The minimum absolute atomic E-state index is 0.0320. The highest BCUT2D eigenvalue weighted by molar-refractivity contribution is 9.11. The second-order valence-electron chi connectivity index (χ2n) is 3.99. The fraction of sp³-hybridized carbons (Fsp3) is 0.154. The van der Waals surface area contributed by atoms with Gasteiger partial charge in [-0.15, -0.1) is 0 Å². The van der Waals surface area contributed by atoms with Crippen LogP contribution in [-0.2, 0) is 0 Å². The summed E-state index contributed by atoms with van der Waals surface area (Å²) in [6.45, 7) is 2.72. The predicted molar refractivity (Wildman–Crippen MR) is 87.0 cm³/mol. The molecule has 110 valence electrons. The number of hydrogen-bond acceptors (Lipinski definition) is 5. The summed E-state index contributed by atoms with van der Waals surface area (Å²) in [5, 5.41) is 13.9. The normalized spacial score (nSPS) is 10.2. The fourth-order valence-electron chi connectivity index (χ4n) is 1.61. The first-order valence-corrected chi connectivity index (χ1v) is 7.62. The fourth-order valence-corrected chi connectivity index (χ4v) is 2.93. The Bertz CT molecular complexity index is 656. The molecule has 8 heteroatoms. The van der Waals surface area contributed by atoms with Gasteiger partial charge in [0.05, 0.1) is 13.9 Å². The van der Waals surface area contributed by atoms with Crippen LogP contribution in [-0.4, -0.2) is 16.5 Å². The lowest BCUT2D eigenvalue weighted by Gasteiger charge is -2.10.